The molecular weight excluding hydrogens is 200 g/mol. The standard InChI is InChI=1S/C9H9ClN4/c1-6-7(2)13-14(9(6)10)8-4-3-5-11-12-8/h3-5H,1-2H3. The molecule has 0 amide bonds. The molecule has 0 unspecified atom stereocenters. The maximum Gasteiger partial charge on any atom is 0.177 e. The molecule has 14 heavy (non-hydrogen) atoms. The average Bonchev–Trinajstić information content (AvgIpc) is 2.47. The van der Waals surface area contributed by atoms with Crippen LogP contribution < -0.4 is 0 Å². The zero-order chi connectivity index (χ0) is 10.1. The Bertz CT molecular complexity index is 449. The van der Waals surface area contributed by atoms with E-state index in [9.17, 15) is 0 Å². The molecule has 2 aromatic heterocycles. The van der Waals surface area contributed by atoms with Gasteiger partial charge in [0, 0.05) is 11.8 Å². The van der Waals surface area contributed by atoms with Gasteiger partial charge in [-0.1, -0.05) is 11.6 Å². The molecule has 4 nitrogen and oxygen atoms in total. The van der Waals surface area contributed by atoms with Gasteiger partial charge in [0.05, 0.1) is 5.69 Å². The summed E-state index contributed by atoms with van der Waals surface area (Å²) < 4.78 is 1.58. The summed E-state index contributed by atoms with van der Waals surface area (Å²) in [6.07, 6.45) is 1.61. The van der Waals surface area contributed by atoms with Crippen LogP contribution >= 0.6 is 11.6 Å². The molecule has 0 fully saturated rings. The van der Waals surface area contributed by atoms with E-state index in [4.69, 9.17) is 11.6 Å². The second-order valence-electron chi connectivity index (χ2n) is 2.99. The molecule has 72 valence electrons. The molecule has 0 aliphatic heterocycles. The third kappa shape index (κ3) is 1.37. The number of aromatic nitrogens is 4. The van der Waals surface area contributed by atoms with Gasteiger partial charge in [0.25, 0.3) is 0 Å². The summed E-state index contributed by atoms with van der Waals surface area (Å²) in [6, 6.07) is 3.61. The van der Waals surface area contributed by atoms with Gasteiger partial charge in [0.15, 0.2) is 5.82 Å². The van der Waals surface area contributed by atoms with Gasteiger partial charge in [0.1, 0.15) is 5.15 Å². The van der Waals surface area contributed by atoms with Crippen molar-refractivity contribution < 1.29 is 0 Å². The van der Waals surface area contributed by atoms with E-state index in [2.05, 4.69) is 15.3 Å². The van der Waals surface area contributed by atoms with Gasteiger partial charge in [-0.05, 0) is 26.0 Å². The smallest absolute Gasteiger partial charge is 0.177 e. The van der Waals surface area contributed by atoms with Crippen molar-refractivity contribution in [2.75, 3.05) is 0 Å². The van der Waals surface area contributed by atoms with E-state index in [1.807, 2.05) is 19.9 Å². The molecule has 0 atom stereocenters. The largest absolute Gasteiger partial charge is 0.202 e. The molecule has 0 saturated carbocycles. The minimum absolute atomic E-state index is 0.586. The first-order valence-corrected chi connectivity index (χ1v) is 4.57. The van der Waals surface area contributed by atoms with E-state index < -0.39 is 0 Å². The number of nitrogens with zero attached hydrogens (tertiary/aromatic N) is 4. The highest BCUT2D eigenvalue weighted by molar-refractivity contribution is 6.30. The Morgan fingerprint density at radius 3 is 2.64 bits per heavy atom. The Balaban J connectivity index is 2.58. The van der Waals surface area contributed by atoms with Crippen molar-refractivity contribution >= 4 is 11.6 Å². The number of aryl methyl sites for hydroxylation is 1. The van der Waals surface area contributed by atoms with Crippen LogP contribution in [-0.4, -0.2) is 20.0 Å². The Morgan fingerprint density at radius 1 is 1.36 bits per heavy atom. The topological polar surface area (TPSA) is 43.6 Å². The highest BCUT2D eigenvalue weighted by Gasteiger charge is 2.11. The summed E-state index contributed by atoms with van der Waals surface area (Å²) >= 11 is 6.08. The van der Waals surface area contributed by atoms with Crippen molar-refractivity contribution in [1.29, 1.82) is 0 Å². The lowest BCUT2D eigenvalue weighted by Gasteiger charge is -1.99. The predicted molar refractivity (Wildman–Crippen MR) is 53.6 cm³/mol. The maximum absolute atomic E-state index is 6.08. The highest BCUT2D eigenvalue weighted by Crippen LogP contribution is 2.20. The monoisotopic (exact) mass is 208 g/mol. The zero-order valence-electron chi connectivity index (χ0n) is 7.90. The SMILES string of the molecule is Cc1nn(-c2cccnn2)c(Cl)c1C. The van der Waals surface area contributed by atoms with E-state index in [1.54, 1.807) is 16.9 Å². The van der Waals surface area contributed by atoms with Gasteiger partial charge in [-0.25, -0.2) is 4.68 Å². The predicted octanol–water partition coefficient (Wildman–Crippen LogP) is 1.93. The molecule has 0 N–H and O–H groups in total. The van der Waals surface area contributed by atoms with E-state index in [1.165, 1.54) is 0 Å². The fourth-order valence-electron chi connectivity index (χ4n) is 1.14. The van der Waals surface area contributed by atoms with Crippen molar-refractivity contribution in [3.63, 3.8) is 0 Å². The minimum Gasteiger partial charge on any atom is -0.202 e. The first kappa shape index (κ1) is 9.15. The van der Waals surface area contributed by atoms with Crippen LogP contribution in [0.5, 0.6) is 0 Å². The molecule has 2 rings (SSSR count). The molecule has 2 aromatic rings. The second-order valence-corrected chi connectivity index (χ2v) is 3.35. The van der Waals surface area contributed by atoms with E-state index in [0.29, 0.717) is 11.0 Å². The summed E-state index contributed by atoms with van der Waals surface area (Å²) in [5.74, 6) is 0.633. The number of hydrogen-bond donors (Lipinski definition) is 0. The molecule has 0 aliphatic rings. The fraction of sp³-hybridized carbons (Fsp3) is 0.222. The molecular formula is C9H9ClN4. The van der Waals surface area contributed by atoms with Crippen LogP contribution in [0.25, 0.3) is 5.82 Å². The van der Waals surface area contributed by atoms with E-state index in [-0.39, 0.29) is 0 Å². The fourth-order valence-corrected chi connectivity index (χ4v) is 1.40. The van der Waals surface area contributed by atoms with Crippen LogP contribution in [-0.2, 0) is 0 Å². The van der Waals surface area contributed by atoms with Crippen LogP contribution in [0, 0.1) is 13.8 Å². The third-order valence-corrected chi connectivity index (χ3v) is 2.51. The normalized spacial score (nSPS) is 10.5. The van der Waals surface area contributed by atoms with Crippen LogP contribution in [0.1, 0.15) is 11.3 Å². The van der Waals surface area contributed by atoms with Gasteiger partial charge in [0.2, 0.25) is 0 Å². The van der Waals surface area contributed by atoms with Crippen LogP contribution in [0.15, 0.2) is 18.3 Å². The summed E-state index contributed by atoms with van der Waals surface area (Å²) in [7, 11) is 0. The Labute approximate surface area is 86.5 Å². The van der Waals surface area contributed by atoms with Crippen molar-refractivity contribution in [3.8, 4) is 5.82 Å². The quantitative estimate of drug-likeness (QED) is 0.719. The molecule has 0 aromatic carbocycles. The van der Waals surface area contributed by atoms with Gasteiger partial charge < -0.3 is 0 Å². The maximum atomic E-state index is 6.08. The van der Waals surface area contributed by atoms with Crippen LogP contribution in [0.2, 0.25) is 5.15 Å². The molecule has 2 heterocycles. The average molecular weight is 209 g/mol. The van der Waals surface area contributed by atoms with Crippen LogP contribution in [0.4, 0.5) is 0 Å². The van der Waals surface area contributed by atoms with Gasteiger partial charge in [-0.15, -0.1) is 5.10 Å². The Morgan fingerprint density at radius 2 is 2.14 bits per heavy atom. The Kier molecular flexibility index (Phi) is 2.21. The molecule has 0 spiro atoms. The Hall–Kier alpha value is -1.42. The number of rotatable bonds is 1. The lowest BCUT2D eigenvalue weighted by Crippen LogP contribution is -2.00. The molecule has 0 radical (unpaired) electrons. The lowest BCUT2D eigenvalue weighted by molar-refractivity contribution is 0.804. The second kappa shape index (κ2) is 3.38. The van der Waals surface area contributed by atoms with Crippen molar-refractivity contribution in [2.24, 2.45) is 0 Å². The van der Waals surface area contributed by atoms with E-state index in [0.717, 1.165) is 11.3 Å². The molecule has 0 saturated heterocycles. The summed E-state index contributed by atoms with van der Waals surface area (Å²) in [6.45, 7) is 3.84. The molecule has 0 bridgehead atoms. The van der Waals surface area contributed by atoms with E-state index >= 15 is 0 Å². The molecule has 5 heteroatoms. The van der Waals surface area contributed by atoms with Crippen molar-refractivity contribution in [2.45, 2.75) is 13.8 Å². The van der Waals surface area contributed by atoms with Gasteiger partial charge in [-0.2, -0.15) is 10.2 Å². The number of halogens is 1. The number of hydrogen-bond acceptors (Lipinski definition) is 3. The van der Waals surface area contributed by atoms with Gasteiger partial charge in [-0.3, -0.25) is 0 Å². The first-order valence-electron chi connectivity index (χ1n) is 4.20. The highest BCUT2D eigenvalue weighted by atomic mass is 35.5. The lowest BCUT2D eigenvalue weighted by atomic mass is 10.3. The van der Waals surface area contributed by atoms with Crippen molar-refractivity contribution in [1.82, 2.24) is 20.0 Å². The first-order chi connectivity index (χ1) is 6.70. The zero-order valence-corrected chi connectivity index (χ0v) is 8.65. The van der Waals surface area contributed by atoms with Crippen LogP contribution in [0.3, 0.4) is 0 Å². The molecule has 0 aliphatic carbocycles. The third-order valence-electron chi connectivity index (χ3n) is 2.06. The summed E-state index contributed by atoms with van der Waals surface area (Å²) in [5.41, 5.74) is 1.87. The summed E-state index contributed by atoms with van der Waals surface area (Å²) in [5, 5.41) is 12.6. The minimum atomic E-state index is 0.586. The summed E-state index contributed by atoms with van der Waals surface area (Å²) in [4.78, 5) is 0. The van der Waals surface area contributed by atoms with Gasteiger partial charge >= 0.3 is 0 Å². The van der Waals surface area contributed by atoms with Crippen molar-refractivity contribution in [3.05, 3.63) is 34.7 Å².